The Bertz CT molecular complexity index is 553. The van der Waals surface area contributed by atoms with Crippen LogP contribution in [0.25, 0.3) is 11.3 Å². The van der Waals surface area contributed by atoms with E-state index in [2.05, 4.69) is 48.1 Å². The summed E-state index contributed by atoms with van der Waals surface area (Å²) < 4.78 is 0. The molecule has 0 saturated heterocycles. The van der Waals surface area contributed by atoms with Gasteiger partial charge in [-0.3, -0.25) is 0 Å². The first-order chi connectivity index (χ1) is 7.99. The van der Waals surface area contributed by atoms with Gasteiger partial charge in [-0.15, -0.1) is 10.2 Å². The van der Waals surface area contributed by atoms with Crippen molar-refractivity contribution in [2.75, 3.05) is 5.73 Å². The van der Waals surface area contributed by atoms with Gasteiger partial charge in [0.15, 0.2) is 5.82 Å². The van der Waals surface area contributed by atoms with Gasteiger partial charge < -0.3 is 5.73 Å². The van der Waals surface area contributed by atoms with E-state index < -0.39 is 0 Å². The number of nitrogens with zero attached hydrogens (tertiary/aromatic N) is 3. The minimum atomic E-state index is 0.438. The van der Waals surface area contributed by atoms with Crippen molar-refractivity contribution < 1.29 is 0 Å². The smallest absolute Gasteiger partial charge is 0.154 e. The zero-order valence-electron chi connectivity index (χ0n) is 10.6. The normalized spacial score (nSPS) is 10.6. The first kappa shape index (κ1) is 11.5. The summed E-state index contributed by atoms with van der Waals surface area (Å²) in [5.41, 5.74) is 11.1. The molecule has 0 aliphatic carbocycles. The van der Waals surface area contributed by atoms with Crippen molar-refractivity contribution in [1.82, 2.24) is 15.2 Å². The zero-order chi connectivity index (χ0) is 12.6. The van der Waals surface area contributed by atoms with Crippen molar-refractivity contribution in [3.8, 4) is 11.3 Å². The fourth-order valence-corrected chi connectivity index (χ4v) is 2.15. The van der Waals surface area contributed by atoms with Gasteiger partial charge in [0.05, 0.1) is 0 Å². The lowest BCUT2D eigenvalue weighted by Crippen LogP contribution is -2.04. The molecule has 0 unspecified atom stereocenters. The highest BCUT2D eigenvalue weighted by Gasteiger charge is 2.12. The fourth-order valence-electron chi connectivity index (χ4n) is 2.15. The maximum absolute atomic E-state index is 5.92. The molecule has 2 N–H and O–H groups in total. The molecule has 4 nitrogen and oxygen atoms in total. The third-order valence-corrected chi connectivity index (χ3v) is 2.73. The number of anilines is 1. The second-order valence-corrected chi connectivity index (χ2v) is 4.37. The van der Waals surface area contributed by atoms with Gasteiger partial charge in [0.25, 0.3) is 0 Å². The van der Waals surface area contributed by atoms with Crippen molar-refractivity contribution in [1.29, 1.82) is 0 Å². The Balaban J connectivity index is 2.68. The molecule has 1 heterocycles. The van der Waals surface area contributed by atoms with E-state index in [9.17, 15) is 0 Å². The predicted octanol–water partition coefficient (Wildman–Crippen LogP) is 2.35. The molecular formula is C13H16N4. The van der Waals surface area contributed by atoms with E-state index in [0.717, 1.165) is 16.7 Å². The summed E-state index contributed by atoms with van der Waals surface area (Å²) in [6, 6.07) is 4.23. The predicted molar refractivity (Wildman–Crippen MR) is 68.6 cm³/mol. The summed E-state index contributed by atoms with van der Waals surface area (Å²) in [7, 11) is 0. The maximum atomic E-state index is 5.92. The molecular weight excluding hydrogens is 212 g/mol. The van der Waals surface area contributed by atoms with Crippen molar-refractivity contribution in [2.24, 2.45) is 0 Å². The van der Waals surface area contributed by atoms with Crippen LogP contribution < -0.4 is 5.73 Å². The molecule has 1 aromatic carbocycles. The Morgan fingerprint density at radius 2 is 1.53 bits per heavy atom. The van der Waals surface area contributed by atoms with Crippen LogP contribution in [0.15, 0.2) is 12.1 Å². The molecule has 0 spiro atoms. The Hall–Kier alpha value is -1.97. The molecule has 4 heteroatoms. The van der Waals surface area contributed by atoms with Gasteiger partial charge in [-0.05, 0) is 38.8 Å². The zero-order valence-corrected chi connectivity index (χ0v) is 10.6. The van der Waals surface area contributed by atoms with E-state index in [1.807, 2.05) is 0 Å². The fraction of sp³-hybridized carbons (Fsp3) is 0.308. The SMILES string of the molecule is Cc1cc(C)c(-c2nnc(C)nc2N)c(C)c1. The molecule has 0 aliphatic heterocycles. The molecule has 2 rings (SSSR count). The number of aryl methyl sites for hydroxylation is 4. The minimum Gasteiger partial charge on any atom is -0.382 e. The van der Waals surface area contributed by atoms with Crippen LogP contribution >= 0.6 is 0 Å². The van der Waals surface area contributed by atoms with Gasteiger partial charge in [-0.1, -0.05) is 17.7 Å². The Morgan fingerprint density at radius 1 is 0.941 bits per heavy atom. The number of hydrogen-bond donors (Lipinski definition) is 1. The number of hydrogen-bond acceptors (Lipinski definition) is 4. The molecule has 17 heavy (non-hydrogen) atoms. The minimum absolute atomic E-state index is 0.438. The summed E-state index contributed by atoms with van der Waals surface area (Å²) in [4.78, 5) is 4.16. The van der Waals surface area contributed by atoms with E-state index >= 15 is 0 Å². The van der Waals surface area contributed by atoms with Crippen molar-refractivity contribution in [2.45, 2.75) is 27.7 Å². The van der Waals surface area contributed by atoms with Gasteiger partial charge in [-0.25, -0.2) is 4.98 Å². The lowest BCUT2D eigenvalue weighted by molar-refractivity contribution is 0.918. The van der Waals surface area contributed by atoms with Gasteiger partial charge >= 0.3 is 0 Å². The topological polar surface area (TPSA) is 64.7 Å². The monoisotopic (exact) mass is 228 g/mol. The van der Waals surface area contributed by atoms with E-state index in [1.54, 1.807) is 6.92 Å². The highest BCUT2D eigenvalue weighted by atomic mass is 15.2. The molecule has 88 valence electrons. The van der Waals surface area contributed by atoms with Gasteiger partial charge in [0.2, 0.25) is 0 Å². The van der Waals surface area contributed by atoms with Crippen LogP contribution in [0.2, 0.25) is 0 Å². The van der Waals surface area contributed by atoms with Crippen LogP contribution in [-0.4, -0.2) is 15.2 Å². The van der Waals surface area contributed by atoms with Crippen molar-refractivity contribution in [3.05, 3.63) is 34.6 Å². The first-order valence-corrected chi connectivity index (χ1v) is 5.54. The lowest BCUT2D eigenvalue weighted by Gasteiger charge is -2.11. The molecule has 0 bridgehead atoms. The van der Waals surface area contributed by atoms with E-state index in [1.165, 1.54) is 5.56 Å². The van der Waals surface area contributed by atoms with Gasteiger partial charge in [-0.2, -0.15) is 0 Å². The van der Waals surface area contributed by atoms with Crippen LogP contribution in [0.3, 0.4) is 0 Å². The molecule has 0 aliphatic rings. The van der Waals surface area contributed by atoms with Crippen molar-refractivity contribution >= 4 is 5.82 Å². The molecule has 1 aromatic heterocycles. The van der Waals surface area contributed by atoms with E-state index in [-0.39, 0.29) is 0 Å². The van der Waals surface area contributed by atoms with E-state index in [0.29, 0.717) is 17.3 Å². The molecule has 0 atom stereocenters. The summed E-state index contributed by atoms with van der Waals surface area (Å²) in [5, 5.41) is 8.14. The molecule has 2 aromatic rings. The summed E-state index contributed by atoms with van der Waals surface area (Å²) >= 11 is 0. The number of rotatable bonds is 1. The molecule has 0 radical (unpaired) electrons. The van der Waals surface area contributed by atoms with E-state index in [4.69, 9.17) is 5.73 Å². The third-order valence-electron chi connectivity index (χ3n) is 2.73. The van der Waals surface area contributed by atoms with Crippen LogP contribution in [0.1, 0.15) is 22.5 Å². The lowest BCUT2D eigenvalue weighted by atomic mass is 9.97. The Labute approximate surface area is 101 Å². The largest absolute Gasteiger partial charge is 0.382 e. The second-order valence-electron chi connectivity index (χ2n) is 4.37. The van der Waals surface area contributed by atoms with Gasteiger partial charge in [0.1, 0.15) is 11.5 Å². The Morgan fingerprint density at radius 3 is 2.06 bits per heavy atom. The molecule has 0 fully saturated rings. The standard InChI is InChI=1S/C13H16N4/c1-7-5-8(2)11(9(3)6-7)12-13(14)15-10(4)16-17-12/h5-6H,1-4H3,(H2,14,15,16). The van der Waals surface area contributed by atoms with Crippen LogP contribution in [0.4, 0.5) is 5.82 Å². The number of aromatic nitrogens is 3. The second kappa shape index (κ2) is 4.13. The third kappa shape index (κ3) is 2.11. The molecule has 0 amide bonds. The maximum Gasteiger partial charge on any atom is 0.154 e. The first-order valence-electron chi connectivity index (χ1n) is 5.54. The highest BCUT2D eigenvalue weighted by Crippen LogP contribution is 2.29. The average Bonchev–Trinajstić information content (AvgIpc) is 2.19. The highest BCUT2D eigenvalue weighted by molar-refractivity contribution is 5.75. The number of benzene rings is 1. The van der Waals surface area contributed by atoms with Crippen molar-refractivity contribution in [3.63, 3.8) is 0 Å². The van der Waals surface area contributed by atoms with Crippen LogP contribution in [0, 0.1) is 27.7 Å². The number of nitrogen functional groups attached to an aromatic ring is 1. The summed E-state index contributed by atoms with van der Waals surface area (Å²) in [6.45, 7) is 7.96. The number of nitrogens with two attached hydrogens (primary N) is 1. The average molecular weight is 228 g/mol. The van der Waals surface area contributed by atoms with Crippen LogP contribution in [-0.2, 0) is 0 Å². The quantitative estimate of drug-likeness (QED) is 0.813. The summed E-state index contributed by atoms with van der Waals surface area (Å²) in [6.07, 6.45) is 0. The van der Waals surface area contributed by atoms with Gasteiger partial charge in [0, 0.05) is 5.56 Å². The molecule has 0 saturated carbocycles. The Kier molecular flexibility index (Phi) is 2.79. The summed E-state index contributed by atoms with van der Waals surface area (Å²) in [5.74, 6) is 1.03. The van der Waals surface area contributed by atoms with Crippen LogP contribution in [0.5, 0.6) is 0 Å².